The molecule has 3 amide bonds. The molecule has 0 fully saturated rings. The van der Waals surface area contributed by atoms with Gasteiger partial charge in [-0.05, 0) is 35.7 Å². The molecule has 0 radical (unpaired) electrons. The predicted molar refractivity (Wildman–Crippen MR) is 136 cm³/mol. The van der Waals surface area contributed by atoms with Crippen molar-refractivity contribution in [1.29, 1.82) is 0 Å². The lowest BCUT2D eigenvalue weighted by Gasteiger charge is -2.28. The zero-order valence-corrected chi connectivity index (χ0v) is 22.0. The van der Waals surface area contributed by atoms with Gasteiger partial charge in [0.2, 0.25) is 5.91 Å². The number of halogens is 3. The van der Waals surface area contributed by atoms with E-state index in [1.165, 1.54) is 9.80 Å². The molecule has 0 saturated heterocycles. The lowest BCUT2D eigenvalue weighted by Crippen LogP contribution is -2.43. The highest BCUT2D eigenvalue weighted by Gasteiger charge is 2.27. The minimum atomic E-state index is -0.395. The van der Waals surface area contributed by atoms with Gasteiger partial charge < -0.3 is 9.64 Å². The fourth-order valence-corrected chi connectivity index (χ4v) is 4.04. The molecule has 2 rings (SSSR count). The molecule has 0 aliphatic rings. The Balaban J connectivity index is 2.29. The molecule has 2 aromatic carbocycles. The number of carbonyl (C=O) groups excluding carboxylic acids is 2. The third kappa shape index (κ3) is 6.56. The van der Waals surface area contributed by atoms with Gasteiger partial charge in [0.05, 0.1) is 22.5 Å². The summed E-state index contributed by atoms with van der Waals surface area (Å²) in [5.41, 5.74) is 2.45. The quantitative estimate of drug-likeness (QED) is 0.349. The molecule has 0 atom stereocenters. The van der Waals surface area contributed by atoms with Gasteiger partial charge in [-0.25, -0.2) is 4.79 Å². The van der Waals surface area contributed by atoms with Crippen molar-refractivity contribution in [3.63, 3.8) is 0 Å². The first-order valence-corrected chi connectivity index (χ1v) is 12.2. The Morgan fingerprint density at radius 3 is 2.06 bits per heavy atom. The molecular weight excluding hydrogens is 483 g/mol. The Labute approximate surface area is 211 Å². The molecule has 0 aromatic heterocycles. The highest BCUT2D eigenvalue weighted by molar-refractivity contribution is 6.37. The number of ether oxygens (including phenoxy) is 1. The fourth-order valence-electron chi connectivity index (χ4n) is 3.37. The number of benzene rings is 2. The zero-order chi connectivity index (χ0) is 24.8. The van der Waals surface area contributed by atoms with E-state index in [9.17, 15) is 9.59 Å². The first-order chi connectivity index (χ1) is 15.6. The van der Waals surface area contributed by atoms with Crippen LogP contribution in [-0.2, 0) is 16.8 Å². The van der Waals surface area contributed by atoms with Crippen LogP contribution in [0.2, 0.25) is 10.0 Å². The third-order valence-electron chi connectivity index (χ3n) is 5.70. The monoisotopic (exact) mass is 512 g/mol. The van der Waals surface area contributed by atoms with Crippen LogP contribution in [0.25, 0.3) is 0 Å². The number of imide groups is 1. The van der Waals surface area contributed by atoms with Crippen molar-refractivity contribution in [1.82, 2.24) is 9.80 Å². The summed E-state index contributed by atoms with van der Waals surface area (Å²) in [5, 5.41) is 0.860. The number of alkyl halides is 1. The second-order valence-electron chi connectivity index (χ2n) is 8.26. The molecule has 0 heterocycles. The Morgan fingerprint density at radius 2 is 1.58 bits per heavy atom. The highest BCUT2D eigenvalue weighted by Crippen LogP contribution is 2.40. The lowest BCUT2D eigenvalue weighted by atomic mass is 9.78. The van der Waals surface area contributed by atoms with Crippen LogP contribution >= 0.6 is 34.8 Å². The second-order valence-corrected chi connectivity index (χ2v) is 9.45. The highest BCUT2D eigenvalue weighted by atomic mass is 35.5. The number of hydrogen-bond acceptors (Lipinski definition) is 3. The summed E-state index contributed by atoms with van der Waals surface area (Å²) >= 11 is 18.6. The van der Waals surface area contributed by atoms with E-state index in [2.05, 4.69) is 13.8 Å². The van der Waals surface area contributed by atoms with Crippen molar-refractivity contribution < 1.29 is 14.3 Å². The molecule has 5 nitrogen and oxygen atoms in total. The van der Waals surface area contributed by atoms with Crippen molar-refractivity contribution in [3.05, 3.63) is 63.1 Å². The minimum Gasteiger partial charge on any atom is -0.489 e. The standard InChI is InChI=1S/C25H31Cl3N2O3/c1-6-22(31)30(24(32)29(5)7-2)16-17-8-10-18(11-9-17)25(3,4)19-14-20(27)23(21(28)15-19)33-13-12-26/h8-11,14-15H,6-7,12-13,16H2,1-5H3. The van der Waals surface area contributed by atoms with E-state index >= 15 is 0 Å². The van der Waals surface area contributed by atoms with Crippen LogP contribution in [0, 0.1) is 0 Å². The molecule has 33 heavy (non-hydrogen) atoms. The van der Waals surface area contributed by atoms with Gasteiger partial charge in [0.25, 0.3) is 0 Å². The number of urea groups is 1. The average Bonchev–Trinajstić information content (AvgIpc) is 2.80. The smallest absolute Gasteiger partial charge is 0.326 e. The van der Waals surface area contributed by atoms with Crippen molar-refractivity contribution >= 4 is 46.7 Å². The molecule has 0 bridgehead atoms. The summed E-state index contributed by atoms with van der Waals surface area (Å²) in [5.74, 6) is 0.565. The van der Waals surface area contributed by atoms with Crippen molar-refractivity contribution in [3.8, 4) is 5.75 Å². The second kappa shape index (κ2) is 12.0. The maximum absolute atomic E-state index is 12.6. The molecule has 8 heteroatoms. The number of carbonyl (C=O) groups is 2. The molecule has 0 unspecified atom stereocenters. The summed E-state index contributed by atoms with van der Waals surface area (Å²) < 4.78 is 5.56. The minimum absolute atomic E-state index is 0.203. The van der Waals surface area contributed by atoms with Gasteiger partial charge in [-0.15, -0.1) is 11.6 Å². The zero-order valence-electron chi connectivity index (χ0n) is 19.8. The van der Waals surface area contributed by atoms with E-state index in [0.29, 0.717) is 34.8 Å². The third-order valence-corrected chi connectivity index (χ3v) is 6.41. The van der Waals surface area contributed by atoms with Crippen LogP contribution in [0.15, 0.2) is 36.4 Å². The maximum atomic E-state index is 12.6. The summed E-state index contributed by atoms with van der Waals surface area (Å²) in [6, 6.07) is 11.3. The Hall–Kier alpha value is -1.95. The molecule has 0 aliphatic carbocycles. The van der Waals surface area contributed by atoms with Crippen LogP contribution in [0.4, 0.5) is 4.79 Å². The maximum Gasteiger partial charge on any atom is 0.326 e. The SMILES string of the molecule is CCC(=O)N(Cc1ccc(C(C)(C)c2cc(Cl)c(OCCCl)c(Cl)c2)cc1)C(=O)N(C)CC. The van der Waals surface area contributed by atoms with Crippen molar-refractivity contribution in [2.45, 2.75) is 46.1 Å². The van der Waals surface area contributed by atoms with E-state index in [-0.39, 0.29) is 24.9 Å². The van der Waals surface area contributed by atoms with Crippen LogP contribution in [0.1, 0.15) is 50.8 Å². The van der Waals surface area contributed by atoms with E-state index in [0.717, 1.165) is 16.7 Å². The molecule has 0 saturated carbocycles. The normalized spacial score (nSPS) is 11.3. The summed E-state index contributed by atoms with van der Waals surface area (Å²) in [4.78, 5) is 27.8. The van der Waals surface area contributed by atoms with Crippen molar-refractivity contribution in [2.75, 3.05) is 26.1 Å². The van der Waals surface area contributed by atoms with Crippen LogP contribution < -0.4 is 4.74 Å². The van der Waals surface area contributed by atoms with E-state index < -0.39 is 5.41 Å². The Morgan fingerprint density at radius 1 is 1.00 bits per heavy atom. The molecule has 0 N–H and O–H groups in total. The number of amides is 3. The first kappa shape index (κ1) is 27.3. The van der Waals surface area contributed by atoms with E-state index in [1.54, 1.807) is 14.0 Å². The van der Waals surface area contributed by atoms with Gasteiger partial charge in [0, 0.05) is 25.4 Å². The van der Waals surface area contributed by atoms with E-state index in [1.807, 2.05) is 43.3 Å². The summed E-state index contributed by atoms with van der Waals surface area (Å²) in [6.07, 6.45) is 0.264. The first-order valence-electron chi connectivity index (χ1n) is 10.9. The Kier molecular flexibility index (Phi) is 9.89. The molecule has 2 aromatic rings. The molecular formula is C25H31Cl3N2O3. The van der Waals surface area contributed by atoms with Gasteiger partial charge >= 0.3 is 6.03 Å². The number of hydrogen-bond donors (Lipinski definition) is 0. The largest absolute Gasteiger partial charge is 0.489 e. The molecule has 180 valence electrons. The van der Waals surface area contributed by atoms with Crippen LogP contribution in [-0.4, -0.2) is 47.8 Å². The molecule has 0 spiro atoms. The van der Waals surface area contributed by atoms with Gasteiger partial charge in [-0.2, -0.15) is 0 Å². The van der Waals surface area contributed by atoms with Gasteiger partial charge in [0.1, 0.15) is 6.61 Å². The topological polar surface area (TPSA) is 49.9 Å². The van der Waals surface area contributed by atoms with Gasteiger partial charge in [-0.1, -0.05) is 68.2 Å². The van der Waals surface area contributed by atoms with Gasteiger partial charge in [-0.3, -0.25) is 9.69 Å². The number of rotatable bonds is 9. The van der Waals surface area contributed by atoms with Crippen LogP contribution in [0.3, 0.4) is 0 Å². The fraction of sp³-hybridized carbons (Fsp3) is 0.440. The Bertz CT molecular complexity index is 954. The van der Waals surface area contributed by atoms with E-state index in [4.69, 9.17) is 39.5 Å². The number of nitrogens with zero attached hydrogens (tertiary/aromatic N) is 2. The summed E-state index contributed by atoms with van der Waals surface area (Å²) in [6.45, 7) is 8.85. The molecule has 0 aliphatic heterocycles. The predicted octanol–water partition coefficient (Wildman–Crippen LogP) is 6.75. The average molecular weight is 514 g/mol. The van der Waals surface area contributed by atoms with Gasteiger partial charge in [0.15, 0.2) is 5.75 Å². The summed E-state index contributed by atoms with van der Waals surface area (Å²) in [7, 11) is 1.69. The lowest BCUT2D eigenvalue weighted by molar-refractivity contribution is -0.128. The van der Waals surface area contributed by atoms with Crippen molar-refractivity contribution in [2.24, 2.45) is 0 Å². The van der Waals surface area contributed by atoms with Crippen LogP contribution in [0.5, 0.6) is 5.75 Å².